The second kappa shape index (κ2) is 7.04. The molecule has 0 unspecified atom stereocenters. The smallest absolute Gasteiger partial charge is 0.259 e. The van der Waals surface area contributed by atoms with E-state index in [1.54, 1.807) is 44.4 Å². The molecule has 0 fully saturated rings. The van der Waals surface area contributed by atoms with Crippen molar-refractivity contribution >= 4 is 34.2 Å². The van der Waals surface area contributed by atoms with Gasteiger partial charge in [0, 0.05) is 23.9 Å². The highest BCUT2D eigenvalue weighted by Crippen LogP contribution is 2.38. The fourth-order valence-electron chi connectivity index (χ4n) is 3.07. The zero-order chi connectivity index (χ0) is 19.0. The van der Waals surface area contributed by atoms with E-state index in [-0.39, 0.29) is 5.91 Å². The summed E-state index contributed by atoms with van der Waals surface area (Å²) >= 11 is 6.33. The number of nitrogens with one attached hydrogen (secondary N) is 1. The standard InChI is InChI=1S/C20H18ClNO5/c1-11-19(13-8-12(24-2)4-5-16(13)27-11)20(23)22-15-10-18-17(9-14(15)21)25-6-3-7-26-18/h4-5,8-10H,3,6-7H2,1-2H3,(H,22,23). The Kier molecular flexibility index (Phi) is 4.58. The highest BCUT2D eigenvalue weighted by atomic mass is 35.5. The first kappa shape index (κ1) is 17.5. The lowest BCUT2D eigenvalue weighted by molar-refractivity contribution is 0.102. The summed E-state index contributed by atoms with van der Waals surface area (Å²) in [5.74, 6) is 1.97. The Morgan fingerprint density at radius 3 is 2.63 bits per heavy atom. The number of fused-ring (bicyclic) bond motifs is 2. The topological polar surface area (TPSA) is 69.9 Å². The maximum Gasteiger partial charge on any atom is 0.259 e. The molecule has 6 nitrogen and oxygen atoms in total. The molecular formula is C20H18ClNO5. The maximum atomic E-state index is 13.0. The Balaban J connectivity index is 1.69. The summed E-state index contributed by atoms with van der Waals surface area (Å²) in [6.45, 7) is 2.86. The summed E-state index contributed by atoms with van der Waals surface area (Å²) in [6, 6.07) is 8.67. The summed E-state index contributed by atoms with van der Waals surface area (Å²) in [4.78, 5) is 13.0. The van der Waals surface area contributed by atoms with Crippen molar-refractivity contribution in [2.75, 3.05) is 25.6 Å². The lowest BCUT2D eigenvalue weighted by Crippen LogP contribution is -2.13. The van der Waals surface area contributed by atoms with E-state index < -0.39 is 0 Å². The van der Waals surface area contributed by atoms with Crippen LogP contribution in [0.5, 0.6) is 17.2 Å². The molecule has 0 radical (unpaired) electrons. The van der Waals surface area contributed by atoms with Gasteiger partial charge in [0.05, 0.1) is 36.6 Å². The molecule has 2 heterocycles. The Bertz CT molecular complexity index is 1030. The number of hydrogen-bond acceptors (Lipinski definition) is 5. The third-order valence-corrected chi connectivity index (χ3v) is 4.70. The van der Waals surface area contributed by atoms with Gasteiger partial charge in [0.2, 0.25) is 0 Å². The average Bonchev–Trinajstić information content (AvgIpc) is 2.81. The van der Waals surface area contributed by atoms with E-state index in [1.807, 2.05) is 0 Å². The van der Waals surface area contributed by atoms with Crippen LogP contribution in [0, 0.1) is 6.92 Å². The monoisotopic (exact) mass is 387 g/mol. The third-order valence-electron chi connectivity index (χ3n) is 4.38. The van der Waals surface area contributed by atoms with Gasteiger partial charge in [0.25, 0.3) is 5.91 Å². The zero-order valence-electron chi connectivity index (χ0n) is 14.9. The fraction of sp³-hybridized carbons (Fsp3) is 0.250. The van der Waals surface area contributed by atoms with E-state index >= 15 is 0 Å². The van der Waals surface area contributed by atoms with Crippen molar-refractivity contribution in [2.24, 2.45) is 0 Å². The summed E-state index contributed by atoms with van der Waals surface area (Å²) in [5, 5.41) is 3.89. The van der Waals surface area contributed by atoms with Crippen LogP contribution in [0.15, 0.2) is 34.7 Å². The second-order valence-corrected chi connectivity index (χ2v) is 6.59. The van der Waals surface area contributed by atoms with Crippen molar-refractivity contribution in [3.8, 4) is 17.2 Å². The molecule has 0 saturated heterocycles. The number of ether oxygens (including phenoxy) is 3. The van der Waals surface area contributed by atoms with E-state index in [9.17, 15) is 4.79 Å². The molecular weight excluding hydrogens is 370 g/mol. The number of carbonyl (C=O) groups excluding carboxylic acids is 1. The number of methoxy groups -OCH3 is 1. The highest BCUT2D eigenvalue weighted by molar-refractivity contribution is 6.34. The van der Waals surface area contributed by atoms with Gasteiger partial charge in [-0.25, -0.2) is 0 Å². The van der Waals surface area contributed by atoms with Crippen molar-refractivity contribution in [1.29, 1.82) is 0 Å². The van der Waals surface area contributed by atoms with Crippen molar-refractivity contribution in [3.63, 3.8) is 0 Å². The first-order valence-corrected chi connectivity index (χ1v) is 8.92. The lowest BCUT2D eigenvalue weighted by Gasteiger charge is -2.12. The molecule has 7 heteroatoms. The van der Waals surface area contributed by atoms with Gasteiger partial charge in [-0.15, -0.1) is 0 Å². The van der Waals surface area contributed by atoms with E-state index in [0.717, 1.165) is 6.42 Å². The van der Waals surface area contributed by atoms with Gasteiger partial charge in [-0.05, 0) is 25.1 Å². The predicted molar refractivity (Wildman–Crippen MR) is 103 cm³/mol. The summed E-state index contributed by atoms with van der Waals surface area (Å²) < 4.78 is 22.2. The fourth-order valence-corrected chi connectivity index (χ4v) is 3.27. The molecule has 1 N–H and O–H groups in total. The second-order valence-electron chi connectivity index (χ2n) is 6.18. The minimum absolute atomic E-state index is 0.323. The summed E-state index contributed by atoms with van der Waals surface area (Å²) in [5.41, 5.74) is 1.50. The van der Waals surface area contributed by atoms with Gasteiger partial charge in [-0.2, -0.15) is 0 Å². The quantitative estimate of drug-likeness (QED) is 0.697. The van der Waals surface area contributed by atoms with Crippen LogP contribution in [0.4, 0.5) is 5.69 Å². The molecule has 0 bridgehead atoms. The van der Waals surface area contributed by atoms with Crippen LogP contribution in [-0.4, -0.2) is 26.2 Å². The van der Waals surface area contributed by atoms with Crippen LogP contribution in [0.25, 0.3) is 11.0 Å². The first-order valence-electron chi connectivity index (χ1n) is 8.54. The van der Waals surface area contributed by atoms with Crippen molar-refractivity contribution in [2.45, 2.75) is 13.3 Å². The Morgan fingerprint density at radius 1 is 1.15 bits per heavy atom. The predicted octanol–water partition coefficient (Wildman–Crippen LogP) is 4.82. The molecule has 1 aliphatic rings. The van der Waals surface area contributed by atoms with Crippen LogP contribution >= 0.6 is 11.6 Å². The van der Waals surface area contributed by atoms with E-state index in [0.29, 0.717) is 63.5 Å². The van der Waals surface area contributed by atoms with Gasteiger partial charge in [0.1, 0.15) is 17.1 Å². The molecule has 27 heavy (non-hydrogen) atoms. The van der Waals surface area contributed by atoms with Gasteiger partial charge < -0.3 is 23.9 Å². The van der Waals surface area contributed by atoms with Gasteiger partial charge in [-0.1, -0.05) is 11.6 Å². The van der Waals surface area contributed by atoms with Crippen LogP contribution in [0.3, 0.4) is 0 Å². The maximum absolute atomic E-state index is 13.0. The summed E-state index contributed by atoms with van der Waals surface area (Å²) in [6.07, 6.45) is 0.788. The first-order chi connectivity index (χ1) is 13.1. The molecule has 0 spiro atoms. The number of furan rings is 1. The third kappa shape index (κ3) is 3.28. The molecule has 0 saturated carbocycles. The zero-order valence-corrected chi connectivity index (χ0v) is 15.7. The molecule has 1 aromatic heterocycles. The Morgan fingerprint density at radius 2 is 1.89 bits per heavy atom. The number of anilines is 1. The van der Waals surface area contributed by atoms with Crippen molar-refractivity contribution < 1.29 is 23.4 Å². The van der Waals surface area contributed by atoms with Gasteiger partial charge in [0.15, 0.2) is 11.5 Å². The minimum atomic E-state index is -0.323. The van der Waals surface area contributed by atoms with E-state index in [4.69, 9.17) is 30.2 Å². The number of rotatable bonds is 3. The Labute approximate surface area is 161 Å². The van der Waals surface area contributed by atoms with Crippen LogP contribution in [0.1, 0.15) is 22.5 Å². The molecule has 1 amide bonds. The SMILES string of the molecule is COc1ccc2oc(C)c(C(=O)Nc3cc4c(cc3Cl)OCCCO4)c2c1. The molecule has 140 valence electrons. The van der Waals surface area contributed by atoms with Crippen LogP contribution < -0.4 is 19.5 Å². The number of carbonyl (C=O) groups is 1. The molecule has 2 aromatic carbocycles. The molecule has 1 aliphatic heterocycles. The average molecular weight is 388 g/mol. The molecule has 0 aliphatic carbocycles. The molecule has 0 atom stereocenters. The Hall–Kier alpha value is -2.86. The number of aryl methyl sites for hydroxylation is 1. The van der Waals surface area contributed by atoms with E-state index in [1.165, 1.54) is 0 Å². The number of halogens is 1. The molecule has 3 aromatic rings. The van der Waals surface area contributed by atoms with Crippen molar-refractivity contribution in [3.05, 3.63) is 46.7 Å². The van der Waals surface area contributed by atoms with Gasteiger partial charge in [-0.3, -0.25) is 4.79 Å². The largest absolute Gasteiger partial charge is 0.497 e. The number of benzene rings is 2. The normalized spacial score (nSPS) is 13.3. The lowest BCUT2D eigenvalue weighted by atomic mass is 10.1. The number of amides is 1. The van der Waals surface area contributed by atoms with Crippen LogP contribution in [0.2, 0.25) is 5.02 Å². The number of hydrogen-bond donors (Lipinski definition) is 1. The molecule has 4 rings (SSSR count). The minimum Gasteiger partial charge on any atom is -0.497 e. The summed E-state index contributed by atoms with van der Waals surface area (Å²) in [7, 11) is 1.57. The highest BCUT2D eigenvalue weighted by Gasteiger charge is 2.21. The van der Waals surface area contributed by atoms with Gasteiger partial charge >= 0.3 is 0 Å². The van der Waals surface area contributed by atoms with E-state index in [2.05, 4.69) is 5.32 Å². The van der Waals surface area contributed by atoms with Crippen LogP contribution in [-0.2, 0) is 0 Å². The van der Waals surface area contributed by atoms with Crippen molar-refractivity contribution in [1.82, 2.24) is 0 Å².